The molecule has 0 radical (unpaired) electrons. The van der Waals surface area contributed by atoms with Crippen molar-refractivity contribution >= 4 is 5.69 Å². The minimum atomic E-state index is -4.40. The third kappa shape index (κ3) is 7.15. The lowest BCUT2D eigenvalue weighted by Gasteiger charge is -2.36. The van der Waals surface area contributed by atoms with Gasteiger partial charge in [-0.05, 0) is 44.5 Å². The van der Waals surface area contributed by atoms with E-state index in [9.17, 15) is 28.0 Å². The number of aromatic nitrogens is 3. The quantitative estimate of drug-likeness (QED) is 0.335. The van der Waals surface area contributed by atoms with Crippen LogP contribution in [0.5, 0.6) is 5.75 Å². The Morgan fingerprint density at radius 3 is 2.55 bits per heavy atom. The number of ether oxygens (including phenoxy) is 1. The molecule has 1 aliphatic heterocycles. The van der Waals surface area contributed by atoms with Crippen LogP contribution in [0.15, 0.2) is 58.4 Å². The van der Waals surface area contributed by atoms with E-state index in [1.165, 1.54) is 23.0 Å². The summed E-state index contributed by atoms with van der Waals surface area (Å²) < 4.78 is 45.0. The normalized spacial score (nSPS) is 14.6. The number of para-hydroxylation sites is 2. The highest BCUT2D eigenvalue weighted by Gasteiger charge is 2.29. The first kappa shape index (κ1) is 27.2. The summed E-state index contributed by atoms with van der Waals surface area (Å²) in [6, 6.07) is 9.94. The first-order chi connectivity index (χ1) is 18.1. The predicted octanol–water partition coefficient (Wildman–Crippen LogP) is 2.22. The van der Waals surface area contributed by atoms with Gasteiger partial charge in [-0.15, -0.1) is 0 Å². The van der Waals surface area contributed by atoms with E-state index in [0.717, 1.165) is 41.9 Å². The number of aryl methyl sites for hydroxylation is 2. The molecule has 0 spiro atoms. The fraction of sp³-hybridized carbons (Fsp3) is 0.423. The molecule has 4 rings (SSSR count). The molecule has 0 atom stereocenters. The van der Waals surface area contributed by atoms with Gasteiger partial charge in [0.2, 0.25) is 5.69 Å². The summed E-state index contributed by atoms with van der Waals surface area (Å²) in [6.07, 6.45) is -0.153. The fourth-order valence-electron chi connectivity index (χ4n) is 4.62. The van der Waals surface area contributed by atoms with Crippen LogP contribution in [-0.2, 0) is 13.0 Å². The number of H-pyrrole nitrogens is 1. The van der Waals surface area contributed by atoms with Crippen molar-refractivity contribution < 1.29 is 22.6 Å². The van der Waals surface area contributed by atoms with Gasteiger partial charge in [0, 0.05) is 49.6 Å². The molecule has 1 aromatic carbocycles. The predicted molar refractivity (Wildman–Crippen MR) is 136 cm³/mol. The minimum absolute atomic E-state index is 0.0449. The fourth-order valence-corrected chi connectivity index (χ4v) is 4.62. The van der Waals surface area contributed by atoms with E-state index in [1.54, 1.807) is 24.3 Å². The van der Waals surface area contributed by atoms with Gasteiger partial charge in [0.1, 0.15) is 12.3 Å². The number of piperazine rings is 1. The van der Waals surface area contributed by atoms with Crippen molar-refractivity contribution in [3.63, 3.8) is 0 Å². The van der Waals surface area contributed by atoms with E-state index >= 15 is 0 Å². The number of hydrogen-bond donors (Lipinski definition) is 1. The van der Waals surface area contributed by atoms with Crippen LogP contribution in [-0.4, -0.2) is 60.0 Å². The Morgan fingerprint density at radius 1 is 1.11 bits per heavy atom. The van der Waals surface area contributed by atoms with Gasteiger partial charge >= 0.3 is 11.9 Å². The average Bonchev–Trinajstić information content (AvgIpc) is 2.86. The maximum Gasteiger partial charge on any atom is 0.422 e. The third-order valence-electron chi connectivity index (χ3n) is 6.47. The Hall–Kier alpha value is -3.80. The maximum absolute atomic E-state index is 12.6. The van der Waals surface area contributed by atoms with Gasteiger partial charge in [-0.2, -0.15) is 17.9 Å². The number of aromatic amines is 1. The Labute approximate surface area is 217 Å². The number of nitrogens with one attached hydrogen (secondary N) is 1. The molecule has 3 aromatic rings. The minimum Gasteiger partial charge on any atom is -0.618 e. The van der Waals surface area contributed by atoms with E-state index in [0.29, 0.717) is 30.9 Å². The van der Waals surface area contributed by atoms with Crippen molar-refractivity contribution in [1.82, 2.24) is 14.5 Å². The zero-order valence-corrected chi connectivity index (χ0v) is 21.0. The second kappa shape index (κ2) is 11.7. The van der Waals surface area contributed by atoms with Gasteiger partial charge in [-0.25, -0.2) is 4.79 Å². The highest BCUT2D eigenvalue weighted by atomic mass is 19.4. The van der Waals surface area contributed by atoms with Crippen molar-refractivity contribution in [3.8, 4) is 5.75 Å². The Balaban J connectivity index is 1.34. The summed E-state index contributed by atoms with van der Waals surface area (Å²) in [5.41, 5.74) is 1.68. The number of halogens is 3. The maximum atomic E-state index is 12.6. The van der Waals surface area contributed by atoms with Crippen LogP contribution in [0.4, 0.5) is 18.9 Å². The Morgan fingerprint density at radius 2 is 1.84 bits per heavy atom. The summed E-state index contributed by atoms with van der Waals surface area (Å²) in [5.74, 6) is 0.220. The summed E-state index contributed by atoms with van der Waals surface area (Å²) in [7, 11) is 0. The van der Waals surface area contributed by atoms with Gasteiger partial charge in [-0.3, -0.25) is 19.2 Å². The van der Waals surface area contributed by atoms with Crippen molar-refractivity contribution in [2.75, 3.05) is 44.2 Å². The van der Waals surface area contributed by atoms with Gasteiger partial charge in [-0.1, -0.05) is 12.1 Å². The average molecular weight is 534 g/mol. The molecule has 1 saturated heterocycles. The van der Waals surface area contributed by atoms with Crippen LogP contribution < -0.4 is 25.6 Å². The molecule has 0 amide bonds. The van der Waals surface area contributed by atoms with Crippen LogP contribution in [0.25, 0.3) is 0 Å². The van der Waals surface area contributed by atoms with E-state index < -0.39 is 24.0 Å². The highest BCUT2D eigenvalue weighted by Crippen LogP contribution is 2.30. The molecule has 12 heteroatoms. The number of rotatable bonds is 9. The van der Waals surface area contributed by atoms with Gasteiger partial charge in [0.25, 0.3) is 5.56 Å². The number of nitrogens with zero attached hydrogens (tertiary/aromatic N) is 4. The van der Waals surface area contributed by atoms with Crippen LogP contribution in [0.3, 0.4) is 0 Å². The van der Waals surface area contributed by atoms with E-state index in [2.05, 4.69) is 9.88 Å². The van der Waals surface area contributed by atoms with Gasteiger partial charge in [0.15, 0.2) is 12.8 Å². The molecular weight excluding hydrogens is 503 g/mol. The summed E-state index contributed by atoms with van der Waals surface area (Å²) in [6.45, 7) is 4.11. The monoisotopic (exact) mass is 533 g/mol. The van der Waals surface area contributed by atoms with Crippen LogP contribution in [0.2, 0.25) is 0 Å². The van der Waals surface area contributed by atoms with E-state index in [-0.39, 0.29) is 12.3 Å². The molecular formula is C26H30F3N5O4. The molecule has 0 bridgehead atoms. The van der Waals surface area contributed by atoms with Crippen LogP contribution in [0, 0.1) is 12.1 Å². The number of anilines is 1. The molecule has 1 fully saturated rings. The smallest absolute Gasteiger partial charge is 0.422 e. The summed E-state index contributed by atoms with van der Waals surface area (Å²) in [4.78, 5) is 30.0. The lowest BCUT2D eigenvalue weighted by Crippen LogP contribution is -2.46. The number of pyridine rings is 1. The van der Waals surface area contributed by atoms with Crippen molar-refractivity contribution in [3.05, 3.63) is 91.7 Å². The number of alkyl halides is 3. The molecule has 3 heterocycles. The largest absolute Gasteiger partial charge is 0.618 e. The van der Waals surface area contributed by atoms with Crippen LogP contribution in [0.1, 0.15) is 23.2 Å². The Kier molecular flexibility index (Phi) is 8.40. The second-order valence-corrected chi connectivity index (χ2v) is 9.36. The molecule has 38 heavy (non-hydrogen) atoms. The lowest BCUT2D eigenvalue weighted by molar-refractivity contribution is -0.615. The summed E-state index contributed by atoms with van der Waals surface area (Å²) >= 11 is 0. The molecule has 9 nitrogen and oxygen atoms in total. The number of benzene rings is 1. The molecule has 2 aromatic heterocycles. The second-order valence-electron chi connectivity index (χ2n) is 9.36. The topological polar surface area (TPSA) is 97.5 Å². The summed E-state index contributed by atoms with van der Waals surface area (Å²) in [5, 5.41) is 12.6. The zero-order chi connectivity index (χ0) is 27.3. The van der Waals surface area contributed by atoms with E-state index in [4.69, 9.17) is 4.74 Å². The van der Waals surface area contributed by atoms with Gasteiger partial charge in [0.05, 0.1) is 5.69 Å². The van der Waals surface area contributed by atoms with Gasteiger partial charge < -0.3 is 14.8 Å². The molecule has 0 unspecified atom stereocenters. The molecule has 0 aliphatic carbocycles. The lowest BCUT2D eigenvalue weighted by atomic mass is 10.0. The van der Waals surface area contributed by atoms with E-state index in [1.807, 2.05) is 17.9 Å². The van der Waals surface area contributed by atoms with Crippen molar-refractivity contribution in [2.24, 2.45) is 0 Å². The van der Waals surface area contributed by atoms with Crippen molar-refractivity contribution in [1.29, 1.82) is 0 Å². The Bertz CT molecular complexity index is 1360. The number of hydrogen-bond acceptors (Lipinski definition) is 6. The SMILES string of the molecule is Cc1cc(CCCN2CCN(c3ccccc3OCC(F)(F)F)CC2)c(Cn2ccc(=O)[nH]c2=O)[n+]([O-])c1. The third-order valence-corrected chi connectivity index (χ3v) is 6.47. The molecule has 204 valence electrons. The molecule has 0 saturated carbocycles. The standard InChI is InChI=1S/C26H30F3N5O4/c1-19-15-20(22(34(37)16-19)17-33-10-8-24(35)30-25(33)36)5-4-9-31-11-13-32(14-12-31)21-6-2-3-7-23(21)38-18-26(27,28)29/h2-3,6-8,10,15-16H,4-5,9,11-14,17-18H2,1H3,(H,30,35,36). The first-order valence-electron chi connectivity index (χ1n) is 12.4. The highest BCUT2D eigenvalue weighted by molar-refractivity contribution is 5.58. The van der Waals surface area contributed by atoms with Crippen LogP contribution >= 0.6 is 0 Å². The first-order valence-corrected chi connectivity index (χ1v) is 12.4. The molecule has 1 N–H and O–H groups in total. The molecule has 1 aliphatic rings. The zero-order valence-electron chi connectivity index (χ0n) is 21.0. The van der Waals surface area contributed by atoms with Crippen molar-refractivity contribution in [2.45, 2.75) is 32.5 Å².